The molecule has 0 saturated heterocycles. The highest BCUT2D eigenvalue weighted by atomic mass is 16.4. The summed E-state index contributed by atoms with van der Waals surface area (Å²) in [5.41, 5.74) is 0.772. The first kappa shape index (κ1) is 11.2. The molecule has 0 amide bonds. The van der Waals surface area contributed by atoms with Crippen molar-refractivity contribution >= 4 is 35.9 Å². The smallest absolute Gasteiger partial charge is 0.423 e. The molecule has 0 bridgehead atoms. The molecule has 0 fully saturated rings. The van der Waals surface area contributed by atoms with Crippen LogP contribution >= 0.6 is 0 Å². The Bertz CT molecular complexity index is 513. The van der Waals surface area contributed by atoms with Crippen LogP contribution in [0.25, 0.3) is 10.8 Å². The summed E-state index contributed by atoms with van der Waals surface area (Å²) in [5.74, 6) is 0. The van der Waals surface area contributed by atoms with Crippen molar-refractivity contribution in [3.05, 3.63) is 36.4 Å². The molecule has 0 saturated carbocycles. The van der Waals surface area contributed by atoms with Gasteiger partial charge in [0.2, 0.25) is 0 Å². The van der Waals surface area contributed by atoms with Crippen LogP contribution in [-0.4, -0.2) is 34.3 Å². The van der Waals surface area contributed by atoms with E-state index in [1.807, 2.05) is 0 Å². The highest BCUT2D eigenvalue weighted by Crippen LogP contribution is 2.10. The molecule has 0 spiro atoms. The standard InChI is InChI=1S/C10H10B2O4/c13-11(14)8-4-5-9-7(6-8)2-1-3-10(9)12(15)16/h1-6,13-16H. The fourth-order valence-electron chi connectivity index (χ4n) is 1.71. The van der Waals surface area contributed by atoms with E-state index in [1.165, 1.54) is 0 Å². The van der Waals surface area contributed by atoms with E-state index in [0.29, 0.717) is 16.3 Å². The average molecular weight is 216 g/mol. The van der Waals surface area contributed by atoms with Gasteiger partial charge in [0.25, 0.3) is 0 Å². The van der Waals surface area contributed by atoms with E-state index in [4.69, 9.17) is 20.1 Å². The van der Waals surface area contributed by atoms with Gasteiger partial charge in [0.1, 0.15) is 0 Å². The number of fused-ring (bicyclic) bond motifs is 1. The molecule has 0 unspecified atom stereocenters. The first-order valence-electron chi connectivity index (χ1n) is 4.84. The van der Waals surface area contributed by atoms with E-state index in [0.717, 1.165) is 5.39 Å². The van der Waals surface area contributed by atoms with Crippen LogP contribution in [0.15, 0.2) is 36.4 Å². The lowest BCUT2D eigenvalue weighted by atomic mass is 9.74. The minimum atomic E-state index is -1.53. The molecule has 6 heteroatoms. The minimum Gasteiger partial charge on any atom is -0.423 e. The predicted molar refractivity (Wildman–Crippen MR) is 63.6 cm³/mol. The fraction of sp³-hybridized carbons (Fsp3) is 0. The molecule has 0 aliphatic rings. The molecule has 0 aliphatic heterocycles. The van der Waals surface area contributed by atoms with Crippen LogP contribution in [0.1, 0.15) is 0 Å². The molecule has 2 aromatic rings. The maximum Gasteiger partial charge on any atom is 0.489 e. The van der Waals surface area contributed by atoms with Crippen molar-refractivity contribution in [2.24, 2.45) is 0 Å². The van der Waals surface area contributed by atoms with Gasteiger partial charge in [-0.25, -0.2) is 0 Å². The Morgan fingerprint density at radius 1 is 0.812 bits per heavy atom. The van der Waals surface area contributed by atoms with Gasteiger partial charge < -0.3 is 20.1 Å². The van der Waals surface area contributed by atoms with Crippen molar-refractivity contribution in [2.75, 3.05) is 0 Å². The lowest BCUT2D eigenvalue weighted by Gasteiger charge is -2.07. The molecule has 0 radical (unpaired) electrons. The van der Waals surface area contributed by atoms with Crippen molar-refractivity contribution in [1.29, 1.82) is 0 Å². The van der Waals surface area contributed by atoms with E-state index in [-0.39, 0.29) is 0 Å². The monoisotopic (exact) mass is 216 g/mol. The molecule has 0 aromatic heterocycles. The van der Waals surface area contributed by atoms with Gasteiger partial charge in [-0.1, -0.05) is 36.4 Å². The molecule has 2 aromatic carbocycles. The molecule has 80 valence electrons. The van der Waals surface area contributed by atoms with Crippen LogP contribution in [0.5, 0.6) is 0 Å². The van der Waals surface area contributed by atoms with Crippen LogP contribution < -0.4 is 10.9 Å². The van der Waals surface area contributed by atoms with E-state index in [2.05, 4.69) is 0 Å². The Labute approximate surface area is 93.1 Å². The lowest BCUT2D eigenvalue weighted by molar-refractivity contribution is 0.425. The van der Waals surface area contributed by atoms with Gasteiger partial charge >= 0.3 is 14.2 Å². The molecular formula is C10H10B2O4. The summed E-state index contributed by atoms with van der Waals surface area (Å²) in [6.07, 6.45) is 0. The molecule has 16 heavy (non-hydrogen) atoms. The zero-order chi connectivity index (χ0) is 11.7. The van der Waals surface area contributed by atoms with Crippen molar-refractivity contribution in [2.45, 2.75) is 0 Å². The topological polar surface area (TPSA) is 80.9 Å². The maximum atomic E-state index is 9.16. The summed E-state index contributed by atoms with van der Waals surface area (Å²) in [7, 11) is -3.05. The van der Waals surface area contributed by atoms with E-state index < -0.39 is 14.2 Å². The van der Waals surface area contributed by atoms with E-state index >= 15 is 0 Å². The molecular weight excluding hydrogens is 206 g/mol. The van der Waals surface area contributed by atoms with E-state index in [1.54, 1.807) is 36.4 Å². The van der Waals surface area contributed by atoms with Crippen LogP contribution in [-0.2, 0) is 0 Å². The summed E-state index contributed by atoms with van der Waals surface area (Å²) < 4.78 is 0. The second-order valence-corrected chi connectivity index (χ2v) is 3.58. The van der Waals surface area contributed by atoms with Crippen molar-refractivity contribution in [1.82, 2.24) is 0 Å². The van der Waals surface area contributed by atoms with Crippen LogP contribution in [0, 0.1) is 0 Å². The van der Waals surface area contributed by atoms with Crippen molar-refractivity contribution < 1.29 is 20.1 Å². The average Bonchev–Trinajstić information content (AvgIpc) is 2.27. The first-order valence-corrected chi connectivity index (χ1v) is 4.84. The predicted octanol–water partition coefficient (Wildman–Crippen LogP) is -1.80. The first-order chi connectivity index (χ1) is 7.59. The minimum absolute atomic E-state index is 0.372. The third kappa shape index (κ3) is 1.96. The second kappa shape index (κ2) is 4.27. The SMILES string of the molecule is OB(O)c1ccc2c(B(O)O)cccc2c1. The molecule has 0 heterocycles. The van der Waals surface area contributed by atoms with Gasteiger partial charge in [-0.2, -0.15) is 0 Å². The summed E-state index contributed by atoms with van der Waals surface area (Å²) >= 11 is 0. The summed E-state index contributed by atoms with van der Waals surface area (Å²) in [5, 5.41) is 37.8. The zero-order valence-electron chi connectivity index (χ0n) is 8.41. The number of rotatable bonds is 2. The molecule has 0 aliphatic carbocycles. The summed E-state index contributed by atoms with van der Waals surface area (Å²) in [4.78, 5) is 0. The van der Waals surface area contributed by atoms with Gasteiger partial charge in [0.15, 0.2) is 0 Å². The van der Waals surface area contributed by atoms with Gasteiger partial charge in [-0.3, -0.25) is 0 Å². The zero-order valence-corrected chi connectivity index (χ0v) is 8.41. The number of hydrogen-bond acceptors (Lipinski definition) is 4. The third-order valence-corrected chi connectivity index (χ3v) is 2.51. The normalized spacial score (nSPS) is 10.5. The molecule has 2 rings (SSSR count). The van der Waals surface area contributed by atoms with Gasteiger partial charge in [0.05, 0.1) is 0 Å². The second-order valence-electron chi connectivity index (χ2n) is 3.58. The lowest BCUT2D eigenvalue weighted by Crippen LogP contribution is -2.32. The number of benzene rings is 2. The van der Waals surface area contributed by atoms with Gasteiger partial charge in [0, 0.05) is 0 Å². The Balaban J connectivity index is 2.64. The van der Waals surface area contributed by atoms with Crippen LogP contribution in [0.2, 0.25) is 0 Å². The Morgan fingerprint density at radius 3 is 2.19 bits per heavy atom. The Morgan fingerprint density at radius 2 is 1.56 bits per heavy atom. The quantitative estimate of drug-likeness (QED) is 0.446. The fourth-order valence-corrected chi connectivity index (χ4v) is 1.71. The Hall–Kier alpha value is -1.33. The molecule has 4 nitrogen and oxygen atoms in total. The largest absolute Gasteiger partial charge is 0.489 e. The van der Waals surface area contributed by atoms with Crippen LogP contribution in [0.3, 0.4) is 0 Å². The van der Waals surface area contributed by atoms with Crippen LogP contribution in [0.4, 0.5) is 0 Å². The third-order valence-electron chi connectivity index (χ3n) is 2.51. The number of hydrogen-bond donors (Lipinski definition) is 4. The summed E-state index contributed by atoms with van der Waals surface area (Å²) in [6, 6.07) is 9.85. The molecule has 0 atom stereocenters. The van der Waals surface area contributed by atoms with Crippen molar-refractivity contribution in [3.63, 3.8) is 0 Å². The van der Waals surface area contributed by atoms with Gasteiger partial charge in [-0.05, 0) is 21.7 Å². The maximum absolute atomic E-state index is 9.16. The van der Waals surface area contributed by atoms with E-state index in [9.17, 15) is 0 Å². The Kier molecular flexibility index (Phi) is 2.98. The van der Waals surface area contributed by atoms with Crippen molar-refractivity contribution in [3.8, 4) is 0 Å². The van der Waals surface area contributed by atoms with Gasteiger partial charge in [-0.15, -0.1) is 0 Å². The highest BCUT2D eigenvalue weighted by Gasteiger charge is 2.16. The summed E-state index contributed by atoms with van der Waals surface area (Å²) in [6.45, 7) is 0. The molecule has 4 N–H and O–H groups in total. The highest BCUT2D eigenvalue weighted by molar-refractivity contribution is 6.62.